The van der Waals surface area contributed by atoms with E-state index in [2.05, 4.69) is 5.10 Å². The summed E-state index contributed by atoms with van der Waals surface area (Å²) in [5, 5.41) is 14.5. The fourth-order valence-corrected chi connectivity index (χ4v) is 2.57. The van der Waals surface area contributed by atoms with Gasteiger partial charge in [-0.1, -0.05) is 0 Å². The number of hydrogen-bond donors (Lipinski definition) is 0. The number of nitrogens with zero attached hydrogens (tertiary/aromatic N) is 3. The molecule has 1 aromatic carbocycles. The highest BCUT2D eigenvalue weighted by Gasteiger charge is 2.15. The topological polar surface area (TPSA) is 110 Å². The zero-order valence-corrected chi connectivity index (χ0v) is 13.9. The van der Waals surface area contributed by atoms with Crippen LogP contribution in [0.25, 0.3) is 6.08 Å². The first-order valence-corrected chi connectivity index (χ1v) is 7.97. The van der Waals surface area contributed by atoms with Gasteiger partial charge >= 0.3 is 5.82 Å². The molecule has 0 aliphatic carbocycles. The van der Waals surface area contributed by atoms with E-state index >= 15 is 0 Å². The smallest absolute Gasteiger partial charge is 0.389 e. The standard InChI is InChI=1S/C18H13N3O6/c22-15(12-1-6-16-17(9-12)26-11-25-16)5-4-13-2-3-14(27-13)10-20-8-7-18(19-20)21(23)24/h1-9H,10-11H2/b5-4+. The molecule has 27 heavy (non-hydrogen) atoms. The number of rotatable bonds is 6. The molecule has 0 spiro atoms. The van der Waals surface area contributed by atoms with Gasteiger partial charge in [0.25, 0.3) is 0 Å². The second kappa shape index (κ2) is 6.79. The fraction of sp³-hybridized carbons (Fsp3) is 0.111. The third-order valence-electron chi connectivity index (χ3n) is 3.87. The van der Waals surface area contributed by atoms with E-state index in [1.54, 1.807) is 36.4 Å². The second-order valence-corrected chi connectivity index (χ2v) is 5.70. The van der Waals surface area contributed by atoms with Crippen LogP contribution in [0.5, 0.6) is 11.5 Å². The molecule has 4 rings (SSSR count). The Balaban J connectivity index is 1.42. The Morgan fingerprint density at radius 3 is 2.89 bits per heavy atom. The molecule has 9 nitrogen and oxygen atoms in total. The van der Waals surface area contributed by atoms with Crippen molar-refractivity contribution in [1.29, 1.82) is 0 Å². The minimum absolute atomic E-state index is 0.150. The van der Waals surface area contributed by atoms with E-state index in [0.717, 1.165) is 0 Å². The number of hydrogen-bond acceptors (Lipinski definition) is 7. The van der Waals surface area contributed by atoms with Crippen LogP contribution in [0, 0.1) is 10.1 Å². The molecular weight excluding hydrogens is 354 g/mol. The van der Waals surface area contributed by atoms with Gasteiger partial charge in [0, 0.05) is 5.56 Å². The molecule has 0 N–H and O–H groups in total. The number of allylic oxidation sites excluding steroid dienone is 1. The first kappa shape index (κ1) is 16.6. The molecule has 2 aromatic heterocycles. The number of furan rings is 1. The molecule has 0 unspecified atom stereocenters. The summed E-state index contributed by atoms with van der Waals surface area (Å²) >= 11 is 0. The number of aromatic nitrogens is 2. The Labute approximate surface area is 152 Å². The summed E-state index contributed by atoms with van der Waals surface area (Å²) in [7, 11) is 0. The van der Waals surface area contributed by atoms with Gasteiger partial charge in [-0.3, -0.25) is 4.79 Å². The summed E-state index contributed by atoms with van der Waals surface area (Å²) in [4.78, 5) is 22.4. The minimum Gasteiger partial charge on any atom is -0.460 e. The predicted octanol–water partition coefficient (Wildman–Crippen LogP) is 3.06. The van der Waals surface area contributed by atoms with E-state index in [1.165, 1.54) is 23.0 Å². The highest BCUT2D eigenvalue weighted by molar-refractivity contribution is 6.07. The van der Waals surface area contributed by atoms with Crippen molar-refractivity contribution in [2.45, 2.75) is 6.54 Å². The van der Waals surface area contributed by atoms with Gasteiger partial charge in [-0.25, -0.2) is 0 Å². The molecular formula is C18H13N3O6. The van der Waals surface area contributed by atoms with Crippen molar-refractivity contribution in [2.24, 2.45) is 0 Å². The summed E-state index contributed by atoms with van der Waals surface area (Å²) in [6.45, 7) is 0.398. The van der Waals surface area contributed by atoms with Gasteiger partial charge in [0.05, 0.1) is 17.4 Å². The van der Waals surface area contributed by atoms with Gasteiger partial charge in [-0.2, -0.15) is 4.68 Å². The van der Waals surface area contributed by atoms with Crippen molar-refractivity contribution in [3.05, 3.63) is 75.9 Å². The normalized spacial score (nSPS) is 12.6. The van der Waals surface area contributed by atoms with Gasteiger partial charge in [0.2, 0.25) is 6.79 Å². The molecule has 0 bridgehead atoms. The fourth-order valence-electron chi connectivity index (χ4n) is 2.57. The predicted molar refractivity (Wildman–Crippen MR) is 92.6 cm³/mol. The zero-order chi connectivity index (χ0) is 18.8. The Kier molecular flexibility index (Phi) is 4.17. The van der Waals surface area contributed by atoms with Gasteiger partial charge in [0.15, 0.2) is 17.3 Å². The highest BCUT2D eigenvalue weighted by Crippen LogP contribution is 2.32. The average Bonchev–Trinajstić information content (AvgIpc) is 3.40. The van der Waals surface area contributed by atoms with Crippen LogP contribution >= 0.6 is 0 Å². The number of nitro groups is 1. The van der Waals surface area contributed by atoms with Gasteiger partial charge in [-0.05, 0) is 47.4 Å². The van der Waals surface area contributed by atoms with Gasteiger partial charge in [-0.15, -0.1) is 0 Å². The summed E-state index contributed by atoms with van der Waals surface area (Å²) in [6, 6.07) is 9.73. The summed E-state index contributed by atoms with van der Waals surface area (Å²) in [5.74, 6) is 1.78. The first-order valence-electron chi connectivity index (χ1n) is 7.97. The number of ketones is 1. The zero-order valence-electron chi connectivity index (χ0n) is 13.9. The number of carbonyl (C=O) groups excluding carboxylic acids is 1. The first-order chi connectivity index (χ1) is 13.1. The molecule has 0 saturated heterocycles. The van der Waals surface area contributed by atoms with Crippen molar-refractivity contribution in [3.8, 4) is 11.5 Å². The van der Waals surface area contributed by atoms with E-state index in [0.29, 0.717) is 28.6 Å². The molecule has 3 heterocycles. The summed E-state index contributed by atoms with van der Waals surface area (Å²) in [6.07, 6.45) is 4.46. The lowest BCUT2D eigenvalue weighted by Crippen LogP contribution is -2.00. The number of carbonyl (C=O) groups is 1. The van der Waals surface area contributed by atoms with Crippen LogP contribution in [0.1, 0.15) is 21.9 Å². The molecule has 3 aromatic rings. The maximum absolute atomic E-state index is 12.3. The van der Waals surface area contributed by atoms with Gasteiger partial charge < -0.3 is 24.0 Å². The largest absolute Gasteiger partial charge is 0.460 e. The Morgan fingerprint density at radius 2 is 2.07 bits per heavy atom. The highest BCUT2D eigenvalue weighted by atomic mass is 16.7. The molecule has 9 heteroatoms. The molecule has 0 fully saturated rings. The van der Waals surface area contributed by atoms with Crippen LogP contribution in [-0.2, 0) is 6.54 Å². The maximum atomic E-state index is 12.3. The molecule has 1 aliphatic heterocycles. The summed E-state index contributed by atoms with van der Waals surface area (Å²) < 4.78 is 17.5. The van der Waals surface area contributed by atoms with Crippen molar-refractivity contribution < 1.29 is 23.6 Å². The third kappa shape index (κ3) is 3.56. The second-order valence-electron chi connectivity index (χ2n) is 5.70. The van der Waals surface area contributed by atoms with Crippen LogP contribution in [-0.4, -0.2) is 27.3 Å². The minimum atomic E-state index is -0.561. The molecule has 1 aliphatic rings. The third-order valence-corrected chi connectivity index (χ3v) is 3.87. The van der Waals surface area contributed by atoms with Crippen LogP contribution in [0.2, 0.25) is 0 Å². The van der Waals surface area contributed by atoms with E-state index in [1.807, 2.05) is 0 Å². The number of benzene rings is 1. The van der Waals surface area contributed by atoms with Crippen molar-refractivity contribution in [1.82, 2.24) is 9.78 Å². The Bertz CT molecular complexity index is 1050. The SMILES string of the molecule is O=C(/C=C/c1ccc(Cn2ccc([N+](=O)[O-])n2)o1)c1ccc2c(c1)OCO2. The number of ether oxygens (including phenoxy) is 2. The molecule has 0 saturated carbocycles. The quantitative estimate of drug-likeness (QED) is 0.285. The van der Waals surface area contributed by atoms with Crippen LogP contribution in [0.4, 0.5) is 5.82 Å². The van der Waals surface area contributed by atoms with Crippen LogP contribution < -0.4 is 9.47 Å². The molecule has 136 valence electrons. The van der Waals surface area contributed by atoms with Crippen LogP contribution in [0.3, 0.4) is 0 Å². The van der Waals surface area contributed by atoms with Crippen LogP contribution in [0.15, 0.2) is 53.1 Å². The van der Waals surface area contributed by atoms with Crippen molar-refractivity contribution in [2.75, 3.05) is 6.79 Å². The van der Waals surface area contributed by atoms with Gasteiger partial charge in [0.1, 0.15) is 18.1 Å². The lowest BCUT2D eigenvalue weighted by atomic mass is 10.1. The van der Waals surface area contributed by atoms with E-state index in [-0.39, 0.29) is 24.9 Å². The lowest BCUT2D eigenvalue weighted by molar-refractivity contribution is -0.389. The van der Waals surface area contributed by atoms with Crippen molar-refractivity contribution >= 4 is 17.7 Å². The van der Waals surface area contributed by atoms with E-state index < -0.39 is 4.92 Å². The van der Waals surface area contributed by atoms with E-state index in [4.69, 9.17) is 13.9 Å². The number of fused-ring (bicyclic) bond motifs is 1. The van der Waals surface area contributed by atoms with Crippen molar-refractivity contribution in [3.63, 3.8) is 0 Å². The molecule has 0 amide bonds. The monoisotopic (exact) mass is 367 g/mol. The van der Waals surface area contributed by atoms with E-state index in [9.17, 15) is 14.9 Å². The Morgan fingerprint density at radius 1 is 1.22 bits per heavy atom. The maximum Gasteiger partial charge on any atom is 0.389 e. The average molecular weight is 367 g/mol. The Hall–Kier alpha value is -3.88. The molecule has 0 radical (unpaired) electrons. The lowest BCUT2D eigenvalue weighted by Gasteiger charge is -1.98. The molecule has 0 atom stereocenters. The summed E-state index contributed by atoms with van der Waals surface area (Å²) in [5.41, 5.74) is 0.478.